The van der Waals surface area contributed by atoms with Crippen LogP contribution in [0.4, 0.5) is 13.2 Å². The van der Waals surface area contributed by atoms with Gasteiger partial charge in [-0.2, -0.15) is 0 Å². The number of nitrogens with one attached hydrogen (secondary N) is 1. The predicted octanol–water partition coefficient (Wildman–Crippen LogP) is 2.86. The van der Waals surface area contributed by atoms with E-state index in [1.165, 1.54) is 25.3 Å². The van der Waals surface area contributed by atoms with Gasteiger partial charge in [0, 0.05) is 11.1 Å². The van der Waals surface area contributed by atoms with Crippen LogP contribution >= 0.6 is 0 Å². The van der Waals surface area contributed by atoms with E-state index < -0.39 is 23.5 Å². The summed E-state index contributed by atoms with van der Waals surface area (Å²) in [7, 11) is 1.38. The van der Waals surface area contributed by atoms with E-state index in [-0.39, 0.29) is 23.3 Å². The van der Waals surface area contributed by atoms with Gasteiger partial charge in [0.15, 0.2) is 0 Å². The van der Waals surface area contributed by atoms with Crippen LogP contribution in [0.25, 0.3) is 0 Å². The molecule has 2 rings (SSSR count). The Bertz CT molecular complexity index is 614. The van der Waals surface area contributed by atoms with Crippen LogP contribution in [0.3, 0.4) is 0 Å². The maximum absolute atomic E-state index is 14.0. The molecule has 3 nitrogen and oxygen atoms in total. The number of methoxy groups -OCH3 is 1. The summed E-state index contributed by atoms with van der Waals surface area (Å²) in [5.74, 6) is 3.72. The summed E-state index contributed by atoms with van der Waals surface area (Å²) in [4.78, 5) is 0. The minimum absolute atomic E-state index is 0.130. The summed E-state index contributed by atoms with van der Waals surface area (Å²) in [5.41, 5.74) is 2.35. The summed E-state index contributed by atoms with van der Waals surface area (Å²) in [5, 5.41) is 0. The fourth-order valence-electron chi connectivity index (χ4n) is 2.21. The molecular weight excluding hydrogens is 281 g/mol. The van der Waals surface area contributed by atoms with E-state index in [9.17, 15) is 13.2 Å². The molecule has 0 bridgehead atoms. The molecule has 0 saturated carbocycles. The molecule has 3 N–H and O–H groups in total. The molecule has 0 heterocycles. The van der Waals surface area contributed by atoms with Crippen molar-refractivity contribution in [2.24, 2.45) is 5.84 Å². The number of halogens is 3. The minimum Gasteiger partial charge on any atom is -0.496 e. The first-order valence-corrected chi connectivity index (χ1v) is 6.30. The van der Waals surface area contributed by atoms with Crippen LogP contribution in [0.5, 0.6) is 5.75 Å². The molecule has 0 radical (unpaired) electrons. The van der Waals surface area contributed by atoms with Crippen molar-refractivity contribution in [1.29, 1.82) is 0 Å². The Hall–Kier alpha value is -2.05. The van der Waals surface area contributed by atoms with Gasteiger partial charge in [-0.05, 0) is 30.7 Å². The third kappa shape index (κ3) is 3.17. The highest BCUT2D eigenvalue weighted by molar-refractivity contribution is 5.38. The molecule has 2 aromatic rings. The van der Waals surface area contributed by atoms with Crippen LogP contribution in [0.2, 0.25) is 0 Å². The Kier molecular flexibility index (Phi) is 4.82. The first-order chi connectivity index (χ1) is 10.1. The van der Waals surface area contributed by atoms with Crippen LogP contribution < -0.4 is 16.0 Å². The van der Waals surface area contributed by atoms with Gasteiger partial charge >= 0.3 is 0 Å². The number of benzene rings is 2. The Balaban J connectivity index is 2.42. The number of hydrogen-bond donors (Lipinski definition) is 2. The molecule has 1 atom stereocenters. The monoisotopic (exact) mass is 296 g/mol. The fraction of sp³-hybridized carbons (Fsp3) is 0.200. The van der Waals surface area contributed by atoms with E-state index in [0.29, 0.717) is 0 Å². The van der Waals surface area contributed by atoms with Gasteiger partial charge in [-0.3, -0.25) is 11.3 Å². The van der Waals surface area contributed by atoms with Crippen molar-refractivity contribution in [1.82, 2.24) is 5.43 Å². The van der Waals surface area contributed by atoms with Crippen molar-refractivity contribution in [2.45, 2.75) is 12.5 Å². The summed E-state index contributed by atoms with van der Waals surface area (Å²) in [6.07, 6.45) is -0.147. The zero-order valence-corrected chi connectivity index (χ0v) is 11.4. The number of hydrogen-bond acceptors (Lipinski definition) is 3. The molecule has 0 saturated heterocycles. The molecule has 0 aliphatic carbocycles. The molecule has 0 aliphatic rings. The predicted molar refractivity (Wildman–Crippen MR) is 73.1 cm³/mol. The normalized spacial score (nSPS) is 12.2. The van der Waals surface area contributed by atoms with E-state index >= 15 is 0 Å². The minimum atomic E-state index is -0.826. The third-order valence-corrected chi connectivity index (χ3v) is 3.25. The Morgan fingerprint density at radius 3 is 2.19 bits per heavy atom. The molecule has 21 heavy (non-hydrogen) atoms. The van der Waals surface area contributed by atoms with E-state index in [2.05, 4.69) is 5.43 Å². The van der Waals surface area contributed by atoms with Gasteiger partial charge in [-0.15, -0.1) is 0 Å². The van der Waals surface area contributed by atoms with Gasteiger partial charge in [-0.1, -0.05) is 12.1 Å². The van der Waals surface area contributed by atoms with E-state index in [4.69, 9.17) is 10.6 Å². The van der Waals surface area contributed by atoms with Gasteiger partial charge in [0.2, 0.25) is 0 Å². The number of rotatable bonds is 5. The van der Waals surface area contributed by atoms with Crippen molar-refractivity contribution >= 4 is 0 Å². The van der Waals surface area contributed by atoms with Crippen LogP contribution in [0, 0.1) is 17.5 Å². The highest BCUT2D eigenvalue weighted by atomic mass is 19.1. The number of hydrazine groups is 1. The van der Waals surface area contributed by atoms with Gasteiger partial charge in [0.1, 0.15) is 23.2 Å². The molecular formula is C15H15F3N2O. The quantitative estimate of drug-likeness (QED) is 0.659. The lowest BCUT2D eigenvalue weighted by atomic mass is 9.97. The van der Waals surface area contributed by atoms with Crippen molar-refractivity contribution in [3.8, 4) is 5.75 Å². The smallest absolute Gasteiger partial charge is 0.131 e. The second-order valence-electron chi connectivity index (χ2n) is 4.48. The molecule has 6 heteroatoms. The highest BCUT2D eigenvalue weighted by Gasteiger charge is 2.22. The summed E-state index contributed by atoms with van der Waals surface area (Å²) in [6.45, 7) is 0. The Morgan fingerprint density at radius 2 is 1.62 bits per heavy atom. The molecule has 0 fully saturated rings. The van der Waals surface area contributed by atoms with Crippen LogP contribution in [-0.2, 0) is 6.42 Å². The molecule has 0 aromatic heterocycles. The highest BCUT2D eigenvalue weighted by Crippen LogP contribution is 2.30. The first kappa shape index (κ1) is 15.3. The van der Waals surface area contributed by atoms with Crippen molar-refractivity contribution in [2.75, 3.05) is 7.11 Å². The summed E-state index contributed by atoms with van der Waals surface area (Å²) in [6, 6.07) is 7.00. The molecule has 0 amide bonds. The zero-order chi connectivity index (χ0) is 15.4. The lowest BCUT2D eigenvalue weighted by Gasteiger charge is -2.20. The maximum Gasteiger partial charge on any atom is 0.131 e. The van der Waals surface area contributed by atoms with Gasteiger partial charge in [-0.25, -0.2) is 13.2 Å². The second kappa shape index (κ2) is 6.60. The lowest BCUT2D eigenvalue weighted by Crippen LogP contribution is -2.31. The van der Waals surface area contributed by atoms with Crippen LogP contribution in [-0.4, -0.2) is 7.11 Å². The SMILES string of the molecule is COc1cccc(F)c1C(Cc1c(F)cccc1F)NN. The Morgan fingerprint density at radius 1 is 1.05 bits per heavy atom. The fourth-order valence-corrected chi connectivity index (χ4v) is 2.21. The van der Waals surface area contributed by atoms with Crippen LogP contribution in [0.15, 0.2) is 36.4 Å². The largest absolute Gasteiger partial charge is 0.496 e. The van der Waals surface area contributed by atoms with Crippen molar-refractivity contribution in [3.63, 3.8) is 0 Å². The maximum atomic E-state index is 14.0. The van der Waals surface area contributed by atoms with Gasteiger partial charge in [0.25, 0.3) is 0 Å². The average Bonchev–Trinajstić information content (AvgIpc) is 2.47. The van der Waals surface area contributed by atoms with Crippen LogP contribution in [0.1, 0.15) is 17.2 Å². The van der Waals surface area contributed by atoms with Gasteiger partial charge < -0.3 is 4.74 Å². The summed E-state index contributed by atoms with van der Waals surface area (Å²) >= 11 is 0. The number of ether oxygens (including phenoxy) is 1. The lowest BCUT2D eigenvalue weighted by molar-refractivity contribution is 0.388. The van der Waals surface area contributed by atoms with Crippen molar-refractivity contribution in [3.05, 3.63) is 65.0 Å². The molecule has 0 spiro atoms. The van der Waals surface area contributed by atoms with Gasteiger partial charge in [0.05, 0.1) is 13.2 Å². The molecule has 112 valence electrons. The van der Waals surface area contributed by atoms with E-state index in [1.54, 1.807) is 6.07 Å². The molecule has 2 aromatic carbocycles. The average molecular weight is 296 g/mol. The third-order valence-electron chi connectivity index (χ3n) is 3.25. The Labute approximate surface area is 120 Å². The first-order valence-electron chi connectivity index (χ1n) is 6.30. The molecule has 1 unspecified atom stereocenters. The standard InChI is InChI=1S/C15H15F3N2O/c1-21-14-7-3-6-12(18)15(14)13(20-19)8-9-10(16)4-2-5-11(9)17/h2-7,13,20H,8,19H2,1H3. The number of nitrogens with two attached hydrogens (primary N) is 1. The summed E-state index contributed by atoms with van der Waals surface area (Å²) < 4.78 is 46.5. The van der Waals surface area contributed by atoms with E-state index in [1.807, 2.05) is 0 Å². The topological polar surface area (TPSA) is 47.3 Å². The van der Waals surface area contributed by atoms with E-state index in [0.717, 1.165) is 12.1 Å². The molecule has 0 aliphatic heterocycles. The second-order valence-corrected chi connectivity index (χ2v) is 4.48. The zero-order valence-electron chi connectivity index (χ0n) is 11.4. The van der Waals surface area contributed by atoms with Crippen molar-refractivity contribution < 1.29 is 17.9 Å².